The van der Waals surface area contributed by atoms with Crippen LogP contribution < -0.4 is 5.73 Å². The van der Waals surface area contributed by atoms with E-state index in [1.807, 2.05) is 31.0 Å². The summed E-state index contributed by atoms with van der Waals surface area (Å²) in [6.07, 6.45) is 5.05. The highest BCUT2D eigenvalue weighted by Gasteiger charge is 2.34. The fourth-order valence-corrected chi connectivity index (χ4v) is 4.75. The summed E-state index contributed by atoms with van der Waals surface area (Å²) < 4.78 is 0. The van der Waals surface area contributed by atoms with Crippen molar-refractivity contribution in [3.63, 3.8) is 0 Å². The van der Waals surface area contributed by atoms with Gasteiger partial charge in [0.2, 0.25) is 5.91 Å². The zero-order valence-corrected chi connectivity index (χ0v) is 22.0. The molecule has 3 heterocycles. The van der Waals surface area contributed by atoms with Crippen molar-refractivity contribution in [2.24, 2.45) is 22.7 Å². The standard InChI is InChI=1S/C28H35N7O3/c1-18(2)13-25(29)33-38-28(37)21-5-6-23-24(15-21)32-26(31-23)16-22-14-19(7-8-30-22)17-34-9-11-35(12-10-34)27(36)20-3-4-20/h5-8,14-15,18,20H,3-4,9-13,16-17H2,1-2H3,(H2,29,33)(H,31,32). The summed E-state index contributed by atoms with van der Waals surface area (Å²) in [5.74, 6) is 1.44. The number of piperazine rings is 1. The third-order valence-electron chi connectivity index (χ3n) is 6.88. The van der Waals surface area contributed by atoms with Crippen molar-refractivity contribution in [1.82, 2.24) is 24.8 Å². The van der Waals surface area contributed by atoms with Gasteiger partial charge in [-0.25, -0.2) is 9.78 Å². The molecule has 1 aliphatic heterocycles. The summed E-state index contributed by atoms with van der Waals surface area (Å²) in [7, 11) is 0. The number of nitrogens with one attached hydrogen (secondary N) is 1. The van der Waals surface area contributed by atoms with Gasteiger partial charge in [-0.1, -0.05) is 19.0 Å². The Kier molecular flexibility index (Phi) is 7.69. The van der Waals surface area contributed by atoms with Gasteiger partial charge in [-0.3, -0.25) is 14.7 Å². The lowest BCUT2D eigenvalue weighted by atomic mass is 10.1. The van der Waals surface area contributed by atoms with Crippen LogP contribution in [0.1, 0.15) is 60.5 Å². The second-order valence-corrected chi connectivity index (χ2v) is 10.7. The SMILES string of the molecule is CC(C)CC(N)=NOC(=O)c1ccc2nc(Cc3cc(CN4CCN(C(=O)C5CC5)CC4)ccn3)[nH]c2c1. The molecule has 0 unspecified atom stereocenters. The zero-order chi connectivity index (χ0) is 26.6. The van der Waals surface area contributed by atoms with Crippen LogP contribution in [0.5, 0.6) is 0 Å². The van der Waals surface area contributed by atoms with Gasteiger partial charge < -0.3 is 20.5 Å². The average molecular weight is 518 g/mol. The van der Waals surface area contributed by atoms with E-state index in [1.165, 1.54) is 5.56 Å². The average Bonchev–Trinajstić information content (AvgIpc) is 3.67. The molecule has 2 fully saturated rings. The number of nitrogens with zero attached hydrogens (tertiary/aromatic N) is 5. The molecule has 1 aromatic carbocycles. The van der Waals surface area contributed by atoms with E-state index >= 15 is 0 Å². The van der Waals surface area contributed by atoms with Crippen LogP contribution in [0.2, 0.25) is 0 Å². The minimum Gasteiger partial charge on any atom is -0.384 e. The molecular formula is C28H35N7O3. The molecule has 0 bridgehead atoms. The predicted octanol–water partition coefficient (Wildman–Crippen LogP) is 3.08. The van der Waals surface area contributed by atoms with Crippen LogP contribution in [0.4, 0.5) is 0 Å². The first-order valence-electron chi connectivity index (χ1n) is 13.3. The van der Waals surface area contributed by atoms with Crippen molar-refractivity contribution in [2.45, 2.75) is 46.1 Å². The third kappa shape index (κ3) is 6.55. The highest BCUT2D eigenvalue weighted by Crippen LogP contribution is 2.31. The lowest BCUT2D eigenvalue weighted by molar-refractivity contribution is -0.134. The van der Waals surface area contributed by atoms with Crippen LogP contribution >= 0.6 is 0 Å². The molecule has 0 atom stereocenters. The molecule has 5 rings (SSSR count). The largest absolute Gasteiger partial charge is 0.384 e. The number of nitrogens with two attached hydrogens (primary N) is 1. The van der Waals surface area contributed by atoms with Crippen LogP contribution in [0, 0.1) is 11.8 Å². The van der Waals surface area contributed by atoms with Gasteiger partial charge in [-0.2, -0.15) is 0 Å². The molecule has 3 aromatic rings. The van der Waals surface area contributed by atoms with Crippen LogP contribution in [0.15, 0.2) is 41.7 Å². The van der Waals surface area contributed by atoms with Gasteiger partial charge in [0.05, 0.1) is 16.6 Å². The van der Waals surface area contributed by atoms with Gasteiger partial charge in [0.1, 0.15) is 11.7 Å². The molecule has 10 nitrogen and oxygen atoms in total. The van der Waals surface area contributed by atoms with Gasteiger partial charge in [-0.15, -0.1) is 0 Å². The van der Waals surface area contributed by atoms with E-state index < -0.39 is 5.97 Å². The summed E-state index contributed by atoms with van der Waals surface area (Å²) in [4.78, 5) is 46.6. The first kappa shape index (κ1) is 25.8. The fraction of sp³-hybridized carbons (Fsp3) is 0.464. The Bertz CT molecular complexity index is 1340. The monoisotopic (exact) mass is 517 g/mol. The summed E-state index contributed by atoms with van der Waals surface area (Å²) in [6.45, 7) is 8.25. The van der Waals surface area contributed by atoms with Crippen molar-refractivity contribution < 1.29 is 14.4 Å². The second-order valence-electron chi connectivity index (χ2n) is 10.7. The molecule has 1 saturated heterocycles. The molecule has 10 heteroatoms. The van der Waals surface area contributed by atoms with E-state index in [1.54, 1.807) is 18.2 Å². The maximum absolute atomic E-state index is 12.4. The molecule has 1 saturated carbocycles. The Morgan fingerprint density at radius 2 is 1.95 bits per heavy atom. The van der Waals surface area contributed by atoms with E-state index in [0.29, 0.717) is 36.1 Å². The number of carbonyl (C=O) groups excluding carboxylic acids is 2. The van der Waals surface area contributed by atoms with Gasteiger partial charge in [0.25, 0.3) is 0 Å². The summed E-state index contributed by atoms with van der Waals surface area (Å²) >= 11 is 0. The molecule has 0 spiro atoms. The third-order valence-corrected chi connectivity index (χ3v) is 6.88. The number of aromatic nitrogens is 3. The van der Waals surface area contributed by atoms with E-state index in [4.69, 9.17) is 10.6 Å². The number of imidazole rings is 1. The normalized spacial score (nSPS) is 16.8. The molecule has 38 heavy (non-hydrogen) atoms. The zero-order valence-electron chi connectivity index (χ0n) is 22.0. The maximum atomic E-state index is 12.4. The van der Waals surface area contributed by atoms with Crippen molar-refractivity contribution in [1.29, 1.82) is 0 Å². The first-order chi connectivity index (χ1) is 18.3. The fourth-order valence-electron chi connectivity index (χ4n) is 4.75. The van der Waals surface area contributed by atoms with E-state index in [9.17, 15) is 9.59 Å². The number of hydrogen-bond acceptors (Lipinski definition) is 7. The quantitative estimate of drug-likeness (QED) is 0.193. The smallest absolute Gasteiger partial charge is 0.365 e. The molecule has 3 N–H and O–H groups in total. The summed E-state index contributed by atoms with van der Waals surface area (Å²) in [6, 6.07) is 9.31. The van der Waals surface area contributed by atoms with E-state index in [2.05, 4.69) is 31.1 Å². The molecule has 1 aliphatic carbocycles. The first-order valence-corrected chi connectivity index (χ1v) is 13.3. The van der Waals surface area contributed by atoms with Crippen LogP contribution in [-0.4, -0.2) is 68.6 Å². The maximum Gasteiger partial charge on any atom is 0.365 e. The van der Waals surface area contributed by atoms with E-state index in [0.717, 1.165) is 68.1 Å². The predicted molar refractivity (Wildman–Crippen MR) is 144 cm³/mol. The lowest BCUT2D eigenvalue weighted by Crippen LogP contribution is -2.48. The molecule has 2 aliphatic rings. The van der Waals surface area contributed by atoms with Crippen LogP contribution in [0.25, 0.3) is 11.0 Å². The Balaban J connectivity index is 1.18. The Hall–Kier alpha value is -3.79. The Labute approximate surface area is 222 Å². The minimum absolute atomic E-state index is 0.288. The number of amides is 1. The summed E-state index contributed by atoms with van der Waals surface area (Å²) in [5.41, 5.74) is 9.76. The van der Waals surface area contributed by atoms with Crippen molar-refractivity contribution in [3.05, 3.63) is 59.2 Å². The summed E-state index contributed by atoms with van der Waals surface area (Å²) in [5, 5.41) is 3.74. The number of benzene rings is 1. The van der Waals surface area contributed by atoms with Crippen molar-refractivity contribution in [3.8, 4) is 0 Å². The van der Waals surface area contributed by atoms with Crippen molar-refractivity contribution in [2.75, 3.05) is 26.2 Å². The Morgan fingerprint density at radius 1 is 1.16 bits per heavy atom. The number of carbonyl (C=O) groups is 2. The van der Waals surface area contributed by atoms with Gasteiger partial charge in [-0.05, 0) is 54.7 Å². The highest BCUT2D eigenvalue weighted by molar-refractivity contribution is 5.94. The number of amidine groups is 1. The lowest BCUT2D eigenvalue weighted by Gasteiger charge is -2.35. The van der Waals surface area contributed by atoms with Crippen LogP contribution in [-0.2, 0) is 22.6 Å². The van der Waals surface area contributed by atoms with Gasteiger partial charge in [0, 0.05) is 63.4 Å². The number of oxime groups is 1. The number of pyridine rings is 1. The number of hydrogen-bond donors (Lipinski definition) is 2. The molecular weight excluding hydrogens is 482 g/mol. The number of H-pyrrole nitrogens is 1. The molecule has 2 aromatic heterocycles. The molecule has 0 radical (unpaired) electrons. The Morgan fingerprint density at radius 3 is 2.68 bits per heavy atom. The van der Waals surface area contributed by atoms with E-state index in [-0.39, 0.29) is 5.92 Å². The minimum atomic E-state index is -0.568. The number of rotatable bonds is 9. The highest BCUT2D eigenvalue weighted by atomic mass is 16.7. The van der Waals surface area contributed by atoms with Crippen molar-refractivity contribution >= 4 is 28.7 Å². The van der Waals surface area contributed by atoms with Gasteiger partial charge >= 0.3 is 5.97 Å². The topological polar surface area (TPSA) is 130 Å². The number of aromatic amines is 1. The second kappa shape index (κ2) is 11.3. The molecule has 200 valence electrons. The number of fused-ring (bicyclic) bond motifs is 1. The van der Waals surface area contributed by atoms with Gasteiger partial charge in [0.15, 0.2) is 0 Å². The van der Waals surface area contributed by atoms with Crippen LogP contribution in [0.3, 0.4) is 0 Å². The molecule has 1 amide bonds.